The molecule has 1 atom stereocenters. The van der Waals surface area contributed by atoms with Crippen LogP contribution in [-0.4, -0.2) is 39.7 Å². The number of carbonyl (C=O) groups excluding carboxylic acids is 2. The summed E-state index contributed by atoms with van der Waals surface area (Å²) in [5.74, 6) is -1.02. The molecule has 0 fully saturated rings. The Hall–Kier alpha value is -2.87. The zero-order valence-electron chi connectivity index (χ0n) is 16.3. The van der Waals surface area contributed by atoms with E-state index in [0.29, 0.717) is 11.4 Å². The van der Waals surface area contributed by atoms with Crippen molar-refractivity contribution in [2.24, 2.45) is 0 Å². The minimum Gasteiger partial charge on any atom is -0.465 e. The molecule has 1 N–H and O–H groups in total. The Morgan fingerprint density at radius 1 is 1.14 bits per heavy atom. The van der Waals surface area contributed by atoms with Crippen LogP contribution in [-0.2, 0) is 19.6 Å². The van der Waals surface area contributed by atoms with Crippen molar-refractivity contribution in [3.05, 3.63) is 59.7 Å². The molecule has 0 aliphatic carbocycles. The fraction of sp³-hybridized carbons (Fsp3) is 0.300. The molecule has 28 heavy (non-hydrogen) atoms. The van der Waals surface area contributed by atoms with Crippen LogP contribution in [0.1, 0.15) is 29.3 Å². The summed E-state index contributed by atoms with van der Waals surface area (Å²) in [6.07, 6.45) is 1.34. The lowest BCUT2D eigenvalue weighted by Crippen LogP contribution is -2.47. The number of benzene rings is 2. The normalized spacial score (nSPS) is 12.1. The minimum absolute atomic E-state index is 0.267. The zero-order chi connectivity index (χ0) is 20.9. The molecule has 0 unspecified atom stereocenters. The molecular formula is C20H24N2O5S. The number of hydrogen-bond donors (Lipinski definition) is 1. The average Bonchev–Trinajstić information content (AvgIpc) is 2.64. The highest BCUT2D eigenvalue weighted by Gasteiger charge is 2.31. The van der Waals surface area contributed by atoms with E-state index in [0.717, 1.165) is 16.1 Å². The quantitative estimate of drug-likeness (QED) is 0.716. The molecule has 1 amide bonds. The van der Waals surface area contributed by atoms with Crippen molar-refractivity contribution in [3.8, 4) is 0 Å². The lowest BCUT2D eigenvalue weighted by Gasteiger charge is -2.30. The second kappa shape index (κ2) is 8.88. The van der Waals surface area contributed by atoms with Gasteiger partial charge in [-0.2, -0.15) is 0 Å². The van der Waals surface area contributed by atoms with Gasteiger partial charge in [-0.3, -0.25) is 9.10 Å². The van der Waals surface area contributed by atoms with Crippen LogP contribution in [0.2, 0.25) is 0 Å². The molecule has 0 saturated carbocycles. The number of methoxy groups -OCH3 is 1. The van der Waals surface area contributed by atoms with Crippen LogP contribution in [0.15, 0.2) is 48.5 Å². The van der Waals surface area contributed by atoms with Gasteiger partial charge < -0.3 is 10.1 Å². The number of esters is 1. The number of hydrogen-bond acceptors (Lipinski definition) is 5. The summed E-state index contributed by atoms with van der Waals surface area (Å²) >= 11 is 0. The Bertz CT molecular complexity index is 972. The van der Waals surface area contributed by atoms with Gasteiger partial charge in [0.25, 0.3) is 0 Å². The molecule has 0 saturated heterocycles. The second-order valence-electron chi connectivity index (χ2n) is 6.38. The van der Waals surface area contributed by atoms with Crippen LogP contribution in [0.3, 0.4) is 0 Å². The Morgan fingerprint density at radius 3 is 2.39 bits per heavy atom. The van der Waals surface area contributed by atoms with E-state index in [1.807, 2.05) is 13.0 Å². The van der Waals surface area contributed by atoms with Crippen LogP contribution >= 0.6 is 0 Å². The molecule has 0 spiro atoms. The van der Waals surface area contributed by atoms with Crippen LogP contribution in [0.5, 0.6) is 0 Å². The highest BCUT2D eigenvalue weighted by molar-refractivity contribution is 7.92. The molecule has 150 valence electrons. The van der Waals surface area contributed by atoms with Crippen molar-refractivity contribution < 1.29 is 22.7 Å². The fourth-order valence-electron chi connectivity index (χ4n) is 2.89. The molecule has 0 aromatic heterocycles. The van der Waals surface area contributed by atoms with Gasteiger partial charge in [-0.1, -0.05) is 25.1 Å². The summed E-state index contributed by atoms with van der Waals surface area (Å²) in [5.41, 5.74) is 1.97. The predicted molar refractivity (Wildman–Crippen MR) is 109 cm³/mol. The van der Waals surface area contributed by atoms with Gasteiger partial charge in [0.2, 0.25) is 15.9 Å². The number of nitrogens with zero attached hydrogens (tertiary/aromatic N) is 1. The third-order valence-corrected chi connectivity index (χ3v) is 5.32. The molecule has 0 heterocycles. The first kappa shape index (κ1) is 21.4. The van der Waals surface area contributed by atoms with Gasteiger partial charge in [0.15, 0.2) is 0 Å². The molecule has 2 aromatic carbocycles. The number of sulfonamides is 1. The molecule has 0 bridgehead atoms. The topological polar surface area (TPSA) is 92.8 Å². The number of carbonyl (C=O) groups is 2. The van der Waals surface area contributed by atoms with Gasteiger partial charge in [0.1, 0.15) is 6.04 Å². The van der Waals surface area contributed by atoms with E-state index in [1.54, 1.807) is 43.3 Å². The van der Waals surface area contributed by atoms with E-state index >= 15 is 0 Å². The standard InChI is InChI=1S/C20H24N2O5S/c1-5-18(22(28(4,25)26)17-11-6-8-14(2)12-17)19(23)21-16-10-7-9-15(13-16)20(24)27-3/h6-13,18H,5H2,1-4H3,(H,21,23)/t18-/m1/s1. The Kier molecular flexibility index (Phi) is 6.80. The molecule has 2 rings (SSSR count). The van der Waals surface area contributed by atoms with Gasteiger partial charge in [-0.25, -0.2) is 13.2 Å². The van der Waals surface area contributed by atoms with Gasteiger partial charge >= 0.3 is 5.97 Å². The summed E-state index contributed by atoms with van der Waals surface area (Å²) in [4.78, 5) is 24.6. The van der Waals surface area contributed by atoms with Gasteiger partial charge in [-0.05, 0) is 49.2 Å². The van der Waals surface area contributed by atoms with Crippen molar-refractivity contribution in [2.45, 2.75) is 26.3 Å². The van der Waals surface area contributed by atoms with E-state index < -0.39 is 27.9 Å². The SMILES string of the molecule is CC[C@H](C(=O)Nc1cccc(C(=O)OC)c1)N(c1cccc(C)c1)S(C)(=O)=O. The van der Waals surface area contributed by atoms with E-state index in [1.165, 1.54) is 13.2 Å². The van der Waals surface area contributed by atoms with Crippen LogP contribution in [0.4, 0.5) is 11.4 Å². The summed E-state index contributed by atoms with van der Waals surface area (Å²) in [5, 5.41) is 2.70. The van der Waals surface area contributed by atoms with E-state index in [4.69, 9.17) is 0 Å². The first-order valence-electron chi connectivity index (χ1n) is 8.72. The smallest absolute Gasteiger partial charge is 0.337 e. The molecule has 7 nitrogen and oxygen atoms in total. The second-order valence-corrected chi connectivity index (χ2v) is 8.24. The Morgan fingerprint density at radius 2 is 1.82 bits per heavy atom. The van der Waals surface area contributed by atoms with E-state index in [9.17, 15) is 18.0 Å². The maximum atomic E-state index is 12.9. The largest absolute Gasteiger partial charge is 0.465 e. The number of rotatable bonds is 7. The summed E-state index contributed by atoms with van der Waals surface area (Å²) in [6.45, 7) is 3.59. The molecule has 0 aliphatic rings. The molecule has 0 aliphatic heterocycles. The first-order chi connectivity index (χ1) is 13.2. The number of ether oxygens (including phenoxy) is 1. The monoisotopic (exact) mass is 404 g/mol. The highest BCUT2D eigenvalue weighted by atomic mass is 32.2. The van der Waals surface area contributed by atoms with Crippen LogP contribution in [0, 0.1) is 6.92 Å². The zero-order valence-corrected chi connectivity index (χ0v) is 17.1. The van der Waals surface area contributed by atoms with Gasteiger partial charge in [0.05, 0.1) is 24.6 Å². The van der Waals surface area contributed by atoms with Crippen molar-refractivity contribution in [1.29, 1.82) is 0 Å². The first-order valence-corrected chi connectivity index (χ1v) is 10.6. The fourth-order valence-corrected chi connectivity index (χ4v) is 4.10. The van der Waals surface area contributed by atoms with Crippen LogP contribution < -0.4 is 9.62 Å². The number of aryl methyl sites for hydroxylation is 1. The van der Waals surface area contributed by atoms with Crippen molar-refractivity contribution in [2.75, 3.05) is 23.0 Å². The van der Waals surface area contributed by atoms with Crippen molar-refractivity contribution in [1.82, 2.24) is 0 Å². The number of nitrogens with one attached hydrogen (secondary N) is 1. The summed E-state index contributed by atoms with van der Waals surface area (Å²) < 4.78 is 30.7. The third-order valence-electron chi connectivity index (χ3n) is 4.14. The minimum atomic E-state index is -3.71. The predicted octanol–water partition coefficient (Wildman–Crippen LogP) is 2.96. The average molecular weight is 404 g/mol. The molecule has 8 heteroatoms. The van der Waals surface area contributed by atoms with E-state index in [2.05, 4.69) is 10.1 Å². The third kappa shape index (κ3) is 5.10. The van der Waals surface area contributed by atoms with Crippen molar-refractivity contribution in [3.63, 3.8) is 0 Å². The van der Waals surface area contributed by atoms with Gasteiger partial charge in [0, 0.05) is 5.69 Å². The summed E-state index contributed by atoms with van der Waals surface area (Å²) in [6, 6.07) is 12.3. The maximum Gasteiger partial charge on any atom is 0.337 e. The number of anilines is 2. The lowest BCUT2D eigenvalue weighted by molar-refractivity contribution is -0.117. The maximum absolute atomic E-state index is 12.9. The molecular weight excluding hydrogens is 380 g/mol. The molecule has 2 aromatic rings. The Labute approximate surface area is 165 Å². The van der Waals surface area contributed by atoms with Crippen molar-refractivity contribution >= 4 is 33.3 Å². The number of amides is 1. The van der Waals surface area contributed by atoms with Gasteiger partial charge in [-0.15, -0.1) is 0 Å². The highest BCUT2D eigenvalue weighted by Crippen LogP contribution is 2.24. The van der Waals surface area contributed by atoms with Crippen LogP contribution in [0.25, 0.3) is 0 Å². The van der Waals surface area contributed by atoms with E-state index in [-0.39, 0.29) is 12.0 Å². The lowest BCUT2D eigenvalue weighted by atomic mass is 10.1. The molecule has 0 radical (unpaired) electrons. The summed E-state index contributed by atoms with van der Waals surface area (Å²) in [7, 11) is -2.44. The Balaban J connectivity index is 2.36.